The van der Waals surface area contributed by atoms with Crippen LogP contribution in [0.25, 0.3) is 0 Å². The van der Waals surface area contributed by atoms with Crippen LogP contribution < -0.4 is 5.32 Å². The van der Waals surface area contributed by atoms with Gasteiger partial charge in [-0.05, 0) is 49.9 Å². The second-order valence-electron chi connectivity index (χ2n) is 7.94. The molecule has 1 N–H and O–H groups in total. The molecule has 2 aliphatic heterocycles. The third-order valence-corrected chi connectivity index (χ3v) is 6.70. The van der Waals surface area contributed by atoms with E-state index >= 15 is 0 Å². The molecule has 2 aromatic rings. The fourth-order valence-electron chi connectivity index (χ4n) is 3.87. The predicted molar refractivity (Wildman–Crippen MR) is 125 cm³/mol. The van der Waals surface area contributed by atoms with Crippen molar-refractivity contribution in [3.05, 3.63) is 59.7 Å². The van der Waals surface area contributed by atoms with E-state index in [9.17, 15) is 9.59 Å². The SMILES string of the molecule is Cc1cccc(C)c1NC(=O)C[C@@H]1SC(=Nc2ccccc2)N(C[C@H]2CCCO2)C1=O. The monoisotopic (exact) mass is 437 g/mol. The first kappa shape index (κ1) is 21.6. The van der Waals surface area contributed by atoms with Gasteiger partial charge in [-0.3, -0.25) is 14.5 Å². The van der Waals surface area contributed by atoms with Crippen molar-refractivity contribution in [2.45, 2.75) is 44.5 Å². The highest BCUT2D eigenvalue weighted by Gasteiger charge is 2.40. The minimum absolute atomic E-state index is 0.0210. The van der Waals surface area contributed by atoms with Crippen LogP contribution in [0.2, 0.25) is 0 Å². The van der Waals surface area contributed by atoms with Crippen molar-refractivity contribution in [1.82, 2.24) is 4.90 Å². The summed E-state index contributed by atoms with van der Waals surface area (Å²) in [6.07, 6.45) is 2.07. The standard InChI is InChI=1S/C24H27N3O3S/c1-16-8-6-9-17(2)22(16)26-21(28)14-20-23(29)27(15-19-12-7-13-30-19)24(31-20)25-18-10-4-3-5-11-18/h3-6,8-11,19-20H,7,12-15H2,1-2H3,(H,26,28)/t19-,20+/m1/s1. The summed E-state index contributed by atoms with van der Waals surface area (Å²) < 4.78 is 5.75. The van der Waals surface area contributed by atoms with Crippen molar-refractivity contribution in [3.63, 3.8) is 0 Å². The highest BCUT2D eigenvalue weighted by Crippen LogP contribution is 2.33. The first-order valence-corrected chi connectivity index (χ1v) is 11.5. The average molecular weight is 438 g/mol. The molecule has 0 radical (unpaired) electrons. The van der Waals surface area contributed by atoms with E-state index in [1.165, 1.54) is 11.8 Å². The van der Waals surface area contributed by atoms with E-state index < -0.39 is 5.25 Å². The number of amidine groups is 1. The molecule has 2 atom stereocenters. The number of para-hydroxylation sites is 2. The lowest BCUT2D eigenvalue weighted by molar-refractivity contribution is -0.129. The zero-order valence-electron chi connectivity index (χ0n) is 17.8. The number of nitrogens with zero attached hydrogens (tertiary/aromatic N) is 2. The Kier molecular flexibility index (Phi) is 6.73. The van der Waals surface area contributed by atoms with Gasteiger partial charge in [0, 0.05) is 18.7 Å². The third-order valence-electron chi connectivity index (χ3n) is 5.53. The molecule has 7 heteroatoms. The van der Waals surface area contributed by atoms with Crippen LogP contribution >= 0.6 is 11.8 Å². The topological polar surface area (TPSA) is 71.0 Å². The molecule has 6 nitrogen and oxygen atoms in total. The maximum atomic E-state index is 13.2. The van der Waals surface area contributed by atoms with Crippen molar-refractivity contribution >= 4 is 40.1 Å². The van der Waals surface area contributed by atoms with Crippen molar-refractivity contribution < 1.29 is 14.3 Å². The number of carbonyl (C=O) groups is 2. The lowest BCUT2D eigenvalue weighted by Crippen LogP contribution is -2.38. The Morgan fingerprint density at radius 1 is 1.16 bits per heavy atom. The van der Waals surface area contributed by atoms with E-state index in [2.05, 4.69) is 5.32 Å². The predicted octanol–water partition coefficient (Wildman–Crippen LogP) is 4.44. The summed E-state index contributed by atoms with van der Waals surface area (Å²) in [7, 11) is 0. The van der Waals surface area contributed by atoms with Crippen LogP contribution in [0.5, 0.6) is 0 Å². The Balaban J connectivity index is 1.50. The molecule has 2 fully saturated rings. The van der Waals surface area contributed by atoms with Crippen molar-refractivity contribution in [3.8, 4) is 0 Å². The summed E-state index contributed by atoms with van der Waals surface area (Å²) in [5, 5.41) is 3.13. The molecule has 2 heterocycles. The zero-order valence-corrected chi connectivity index (χ0v) is 18.7. The van der Waals surface area contributed by atoms with Gasteiger partial charge in [0.2, 0.25) is 11.8 Å². The first-order valence-electron chi connectivity index (χ1n) is 10.6. The van der Waals surface area contributed by atoms with Crippen LogP contribution in [0.1, 0.15) is 30.4 Å². The number of thioether (sulfide) groups is 1. The maximum Gasteiger partial charge on any atom is 0.242 e. The molecule has 162 valence electrons. The van der Waals surface area contributed by atoms with Gasteiger partial charge in [0.25, 0.3) is 0 Å². The van der Waals surface area contributed by atoms with Gasteiger partial charge in [-0.25, -0.2) is 4.99 Å². The van der Waals surface area contributed by atoms with Gasteiger partial charge in [0.05, 0.1) is 18.3 Å². The molecular formula is C24H27N3O3S. The number of hydrogen-bond acceptors (Lipinski definition) is 5. The fraction of sp³-hybridized carbons (Fsp3) is 0.375. The number of rotatable bonds is 6. The molecule has 0 aliphatic carbocycles. The minimum atomic E-state index is -0.492. The van der Waals surface area contributed by atoms with E-state index in [0.29, 0.717) is 11.7 Å². The summed E-state index contributed by atoms with van der Waals surface area (Å²) in [5.74, 6) is -0.242. The molecule has 0 unspecified atom stereocenters. The van der Waals surface area contributed by atoms with Gasteiger partial charge >= 0.3 is 0 Å². The number of hydrogen-bond donors (Lipinski definition) is 1. The van der Waals surface area contributed by atoms with Crippen LogP contribution in [0.3, 0.4) is 0 Å². The molecule has 4 rings (SSSR count). The largest absolute Gasteiger partial charge is 0.376 e. The highest BCUT2D eigenvalue weighted by molar-refractivity contribution is 8.15. The van der Waals surface area contributed by atoms with E-state index in [1.54, 1.807) is 4.90 Å². The lowest BCUT2D eigenvalue weighted by Gasteiger charge is -2.20. The van der Waals surface area contributed by atoms with E-state index in [1.807, 2.05) is 62.4 Å². The van der Waals surface area contributed by atoms with Gasteiger partial charge < -0.3 is 10.1 Å². The Labute approximate surface area is 187 Å². The van der Waals surface area contributed by atoms with E-state index in [4.69, 9.17) is 9.73 Å². The molecule has 0 saturated carbocycles. The number of anilines is 1. The van der Waals surface area contributed by atoms with Gasteiger partial charge in [-0.15, -0.1) is 0 Å². The number of aliphatic imine (C=N–C) groups is 1. The second kappa shape index (κ2) is 9.66. The van der Waals surface area contributed by atoms with Crippen molar-refractivity contribution in [2.75, 3.05) is 18.5 Å². The molecule has 31 heavy (non-hydrogen) atoms. The summed E-state index contributed by atoms with van der Waals surface area (Å²) in [4.78, 5) is 32.4. The smallest absolute Gasteiger partial charge is 0.242 e. The molecular weight excluding hydrogens is 410 g/mol. The first-order chi connectivity index (χ1) is 15.0. The van der Waals surface area contributed by atoms with Crippen LogP contribution in [-0.2, 0) is 14.3 Å². The van der Waals surface area contributed by atoms with Gasteiger partial charge in [0.1, 0.15) is 5.25 Å². The molecule has 0 aromatic heterocycles. The number of nitrogens with one attached hydrogen (secondary N) is 1. The molecule has 2 aliphatic rings. The summed E-state index contributed by atoms with van der Waals surface area (Å²) in [6, 6.07) is 15.5. The Morgan fingerprint density at radius 3 is 2.58 bits per heavy atom. The van der Waals surface area contributed by atoms with Gasteiger partial charge in [-0.2, -0.15) is 0 Å². The highest BCUT2D eigenvalue weighted by atomic mass is 32.2. The zero-order chi connectivity index (χ0) is 21.8. The fourth-order valence-corrected chi connectivity index (χ4v) is 5.04. The molecule has 0 bridgehead atoms. The lowest BCUT2D eigenvalue weighted by atomic mass is 10.1. The Hall–Kier alpha value is -2.64. The molecule has 2 amide bonds. The van der Waals surface area contributed by atoms with E-state index in [-0.39, 0.29) is 24.3 Å². The van der Waals surface area contributed by atoms with Crippen molar-refractivity contribution in [1.29, 1.82) is 0 Å². The average Bonchev–Trinajstić information content (AvgIpc) is 3.36. The molecule has 2 aromatic carbocycles. The second-order valence-corrected chi connectivity index (χ2v) is 9.11. The third kappa shape index (κ3) is 5.17. The van der Waals surface area contributed by atoms with Crippen molar-refractivity contribution in [2.24, 2.45) is 4.99 Å². The molecule has 0 spiro atoms. The van der Waals surface area contributed by atoms with Gasteiger partial charge in [-0.1, -0.05) is 48.2 Å². The van der Waals surface area contributed by atoms with Crippen LogP contribution in [-0.4, -0.2) is 46.4 Å². The maximum absolute atomic E-state index is 13.2. The summed E-state index contributed by atoms with van der Waals surface area (Å²) in [6.45, 7) is 5.14. The van der Waals surface area contributed by atoms with Crippen LogP contribution in [0, 0.1) is 13.8 Å². The van der Waals surface area contributed by atoms with Crippen LogP contribution in [0.4, 0.5) is 11.4 Å². The van der Waals surface area contributed by atoms with Crippen LogP contribution in [0.15, 0.2) is 53.5 Å². The Morgan fingerprint density at radius 2 is 1.90 bits per heavy atom. The number of benzene rings is 2. The summed E-state index contributed by atoms with van der Waals surface area (Å²) >= 11 is 1.36. The quantitative estimate of drug-likeness (QED) is 0.725. The Bertz CT molecular complexity index is 967. The number of aryl methyl sites for hydroxylation is 2. The minimum Gasteiger partial charge on any atom is -0.376 e. The number of ether oxygens (including phenoxy) is 1. The number of carbonyl (C=O) groups excluding carboxylic acids is 2. The summed E-state index contributed by atoms with van der Waals surface area (Å²) in [5.41, 5.74) is 3.61. The van der Waals surface area contributed by atoms with Gasteiger partial charge in [0.15, 0.2) is 5.17 Å². The normalized spacial score (nSPS) is 22.3. The number of amides is 2. The van der Waals surface area contributed by atoms with E-state index in [0.717, 1.165) is 42.0 Å². The molecule has 2 saturated heterocycles.